The van der Waals surface area contributed by atoms with Crippen molar-refractivity contribution in [1.82, 2.24) is 0 Å². The number of carbonyl (C=O) groups excluding carboxylic acids is 1. The van der Waals surface area contributed by atoms with E-state index in [9.17, 15) is 20.1 Å². The Kier molecular flexibility index (Phi) is 5.34. The highest BCUT2D eigenvalue weighted by molar-refractivity contribution is 8.17. The summed E-state index contributed by atoms with van der Waals surface area (Å²) in [4.78, 5) is 11.9. The van der Waals surface area contributed by atoms with Crippen LogP contribution in [0.3, 0.4) is 0 Å². The van der Waals surface area contributed by atoms with Gasteiger partial charge >= 0.3 is 0 Å². The molecule has 2 rings (SSSR count). The molecule has 0 radical (unpaired) electrons. The predicted molar refractivity (Wildman–Crippen MR) is 80.9 cm³/mol. The van der Waals surface area contributed by atoms with E-state index in [0.29, 0.717) is 11.4 Å². The van der Waals surface area contributed by atoms with Crippen LogP contribution in [-0.2, 0) is 4.79 Å². The number of nitrogens with one attached hydrogen (secondary N) is 1. The van der Waals surface area contributed by atoms with Gasteiger partial charge in [0.05, 0.1) is 10.7 Å². The summed E-state index contributed by atoms with van der Waals surface area (Å²) in [5.74, 6) is 0.278. The molecule has 5 nitrogen and oxygen atoms in total. The first kappa shape index (κ1) is 15.7. The summed E-state index contributed by atoms with van der Waals surface area (Å²) >= 11 is 2.86. The fourth-order valence-electron chi connectivity index (χ4n) is 1.84. The molecule has 0 saturated carbocycles. The van der Waals surface area contributed by atoms with E-state index in [4.69, 9.17) is 0 Å². The molecule has 1 aromatic carbocycles. The number of rotatable bonds is 3. The third-order valence-corrected chi connectivity index (χ3v) is 5.77. The largest absolute Gasteiger partial charge is 0.389 e. The number of thioether (sulfide) groups is 2. The van der Waals surface area contributed by atoms with Gasteiger partial charge in [-0.3, -0.25) is 4.79 Å². The van der Waals surface area contributed by atoms with Gasteiger partial charge in [0, 0.05) is 23.3 Å². The molecule has 7 heteroatoms. The standard InChI is InChI=1S/C13H17NO4S2/c1-7(15)14-8-2-4-9(5-3-8)20-13-12(18)11(17)10(16)6-19-13/h2-5,10-13,16-18H,6H2,1H3,(H,14,15)/t10-,11-,12+,13+/m1/s1. The first-order valence-electron chi connectivity index (χ1n) is 6.17. The predicted octanol–water partition coefficient (Wildman–Crippen LogP) is 0.893. The van der Waals surface area contributed by atoms with E-state index in [1.165, 1.54) is 30.4 Å². The lowest BCUT2D eigenvalue weighted by Crippen LogP contribution is -2.47. The molecule has 1 aliphatic heterocycles. The maximum atomic E-state index is 10.9. The summed E-state index contributed by atoms with van der Waals surface area (Å²) in [5, 5.41) is 31.8. The van der Waals surface area contributed by atoms with Crippen LogP contribution in [0.5, 0.6) is 0 Å². The van der Waals surface area contributed by atoms with Gasteiger partial charge in [-0.05, 0) is 24.3 Å². The van der Waals surface area contributed by atoms with Crippen molar-refractivity contribution in [3.05, 3.63) is 24.3 Å². The Morgan fingerprint density at radius 3 is 2.50 bits per heavy atom. The molecule has 4 N–H and O–H groups in total. The van der Waals surface area contributed by atoms with Crippen LogP contribution >= 0.6 is 23.5 Å². The van der Waals surface area contributed by atoms with Crippen LogP contribution < -0.4 is 5.32 Å². The molecule has 0 aromatic heterocycles. The Morgan fingerprint density at radius 1 is 1.25 bits per heavy atom. The molecule has 110 valence electrons. The van der Waals surface area contributed by atoms with Crippen molar-refractivity contribution in [3.8, 4) is 0 Å². The molecule has 0 unspecified atom stereocenters. The van der Waals surface area contributed by atoms with Crippen molar-refractivity contribution in [2.24, 2.45) is 0 Å². The Bertz CT molecular complexity index is 468. The van der Waals surface area contributed by atoms with Crippen LogP contribution in [0.1, 0.15) is 6.92 Å². The molecule has 1 aromatic rings. The third kappa shape index (κ3) is 3.89. The SMILES string of the molecule is CC(=O)Nc1ccc(S[C@@H]2SC[C@@H](O)[C@@H](O)[C@@H]2O)cc1. The van der Waals surface area contributed by atoms with Gasteiger partial charge in [0.25, 0.3) is 0 Å². The molecule has 20 heavy (non-hydrogen) atoms. The van der Waals surface area contributed by atoms with E-state index >= 15 is 0 Å². The minimum absolute atomic E-state index is 0.124. The average molecular weight is 315 g/mol. The zero-order valence-corrected chi connectivity index (χ0v) is 12.5. The quantitative estimate of drug-likeness (QED) is 0.662. The number of hydrogen-bond acceptors (Lipinski definition) is 6. The van der Waals surface area contributed by atoms with Crippen LogP contribution in [0.25, 0.3) is 0 Å². The number of aliphatic hydroxyl groups excluding tert-OH is 3. The first-order chi connectivity index (χ1) is 9.47. The highest BCUT2D eigenvalue weighted by Gasteiger charge is 2.37. The van der Waals surface area contributed by atoms with Crippen molar-refractivity contribution in [1.29, 1.82) is 0 Å². The minimum Gasteiger partial charge on any atom is -0.389 e. The van der Waals surface area contributed by atoms with Crippen LogP contribution in [0.15, 0.2) is 29.2 Å². The highest BCUT2D eigenvalue weighted by Crippen LogP contribution is 2.38. The van der Waals surface area contributed by atoms with E-state index in [1.807, 2.05) is 12.1 Å². The van der Waals surface area contributed by atoms with Gasteiger partial charge in [-0.2, -0.15) is 0 Å². The minimum atomic E-state index is -1.10. The van der Waals surface area contributed by atoms with Crippen molar-refractivity contribution in [2.75, 3.05) is 11.1 Å². The Labute approximate surface area is 125 Å². The Morgan fingerprint density at radius 2 is 1.90 bits per heavy atom. The van der Waals surface area contributed by atoms with Gasteiger partial charge < -0.3 is 20.6 Å². The van der Waals surface area contributed by atoms with Gasteiger partial charge in [-0.15, -0.1) is 23.5 Å². The first-order valence-corrected chi connectivity index (χ1v) is 8.10. The molecule has 1 fully saturated rings. The fourth-order valence-corrected chi connectivity index (χ4v) is 4.48. The summed E-state index contributed by atoms with van der Waals surface area (Å²) in [6.07, 6.45) is -2.95. The Balaban J connectivity index is 1.98. The van der Waals surface area contributed by atoms with Crippen molar-refractivity contribution >= 4 is 35.1 Å². The normalized spacial score (nSPS) is 30.0. The summed E-state index contributed by atoms with van der Waals surface area (Å²) in [6.45, 7) is 1.45. The van der Waals surface area contributed by atoms with Crippen LogP contribution in [0, 0.1) is 0 Å². The fraction of sp³-hybridized carbons (Fsp3) is 0.462. The van der Waals surface area contributed by atoms with E-state index in [2.05, 4.69) is 5.32 Å². The van der Waals surface area contributed by atoms with E-state index < -0.39 is 18.3 Å². The molecule has 0 bridgehead atoms. The molecular formula is C13H17NO4S2. The van der Waals surface area contributed by atoms with Crippen molar-refractivity contribution < 1.29 is 20.1 Å². The van der Waals surface area contributed by atoms with Gasteiger partial charge in [-0.25, -0.2) is 0 Å². The Hall–Kier alpha value is -0.730. The van der Waals surface area contributed by atoms with E-state index in [0.717, 1.165) is 4.90 Å². The number of hydrogen-bond donors (Lipinski definition) is 4. The second kappa shape index (κ2) is 6.82. The molecule has 1 amide bonds. The lowest BCUT2D eigenvalue weighted by molar-refractivity contribution is -0.114. The smallest absolute Gasteiger partial charge is 0.221 e. The molecule has 0 spiro atoms. The highest BCUT2D eigenvalue weighted by atomic mass is 32.2. The summed E-state index contributed by atoms with van der Waals surface area (Å²) in [5.41, 5.74) is 0.717. The number of aliphatic hydroxyl groups is 3. The topological polar surface area (TPSA) is 89.8 Å². The summed E-state index contributed by atoms with van der Waals surface area (Å²) in [6, 6.07) is 7.27. The van der Waals surface area contributed by atoms with Crippen LogP contribution in [-0.4, -0.2) is 49.9 Å². The molecule has 1 aliphatic rings. The number of anilines is 1. The lowest BCUT2D eigenvalue weighted by Gasteiger charge is -2.34. The molecular weight excluding hydrogens is 298 g/mol. The van der Waals surface area contributed by atoms with Gasteiger partial charge in [0.1, 0.15) is 12.2 Å². The molecule has 1 saturated heterocycles. The summed E-state index contributed by atoms with van der Waals surface area (Å²) in [7, 11) is 0. The van der Waals surface area contributed by atoms with Gasteiger partial charge in [-0.1, -0.05) is 0 Å². The zero-order chi connectivity index (χ0) is 14.7. The molecule has 0 aliphatic carbocycles. The monoisotopic (exact) mass is 315 g/mol. The number of carbonyl (C=O) groups is 1. The molecule has 4 atom stereocenters. The average Bonchev–Trinajstić information content (AvgIpc) is 2.41. The summed E-state index contributed by atoms with van der Waals surface area (Å²) < 4.78 is -0.222. The lowest BCUT2D eigenvalue weighted by atomic mass is 10.1. The van der Waals surface area contributed by atoms with Gasteiger partial charge in [0.15, 0.2) is 0 Å². The van der Waals surface area contributed by atoms with Crippen LogP contribution in [0.2, 0.25) is 0 Å². The van der Waals surface area contributed by atoms with Gasteiger partial charge in [0.2, 0.25) is 5.91 Å². The number of benzene rings is 1. The zero-order valence-electron chi connectivity index (χ0n) is 10.9. The number of amides is 1. The third-order valence-electron chi connectivity index (χ3n) is 2.88. The second-order valence-corrected chi connectivity index (χ2v) is 7.26. The van der Waals surface area contributed by atoms with Crippen LogP contribution in [0.4, 0.5) is 5.69 Å². The van der Waals surface area contributed by atoms with E-state index in [-0.39, 0.29) is 10.5 Å². The van der Waals surface area contributed by atoms with E-state index in [1.54, 1.807) is 12.1 Å². The second-order valence-electron chi connectivity index (χ2n) is 4.57. The molecule has 1 heterocycles. The van der Waals surface area contributed by atoms with Crippen molar-refractivity contribution in [2.45, 2.75) is 34.7 Å². The maximum Gasteiger partial charge on any atom is 0.221 e. The maximum absolute atomic E-state index is 10.9. The van der Waals surface area contributed by atoms with Crippen molar-refractivity contribution in [3.63, 3.8) is 0 Å².